The van der Waals surface area contributed by atoms with E-state index in [1.807, 2.05) is 36.4 Å². The van der Waals surface area contributed by atoms with Gasteiger partial charge in [0.1, 0.15) is 17.1 Å². The van der Waals surface area contributed by atoms with Crippen LogP contribution >= 0.6 is 0 Å². The van der Waals surface area contributed by atoms with Crippen LogP contribution < -0.4 is 5.32 Å². The van der Waals surface area contributed by atoms with Crippen LogP contribution in [0, 0.1) is 17.8 Å². The van der Waals surface area contributed by atoms with Crippen LogP contribution in [0.5, 0.6) is 5.75 Å². The highest BCUT2D eigenvalue weighted by Crippen LogP contribution is 2.55. The van der Waals surface area contributed by atoms with Crippen molar-refractivity contribution in [2.75, 3.05) is 0 Å². The third-order valence-electron chi connectivity index (χ3n) is 7.37. The van der Waals surface area contributed by atoms with Crippen LogP contribution in [0.4, 0.5) is 0 Å². The number of rotatable bonds is 3. The van der Waals surface area contributed by atoms with Gasteiger partial charge in [-0.15, -0.1) is 0 Å². The molecular weight excluding hydrogens is 362 g/mol. The van der Waals surface area contributed by atoms with Gasteiger partial charge < -0.3 is 14.8 Å². The summed E-state index contributed by atoms with van der Waals surface area (Å²) in [6.07, 6.45) is 7.32. The maximum Gasteiger partial charge on any atom is 0.255 e. The van der Waals surface area contributed by atoms with Gasteiger partial charge in [-0.3, -0.25) is 4.79 Å². The first kappa shape index (κ1) is 17.1. The molecule has 0 unspecified atom stereocenters. The summed E-state index contributed by atoms with van der Waals surface area (Å²) in [5.41, 5.74) is 1.87. The van der Waals surface area contributed by atoms with Gasteiger partial charge in [0.25, 0.3) is 5.91 Å². The summed E-state index contributed by atoms with van der Waals surface area (Å²) in [6.45, 7) is 0. The van der Waals surface area contributed by atoms with Gasteiger partial charge >= 0.3 is 0 Å². The van der Waals surface area contributed by atoms with Gasteiger partial charge in [-0.2, -0.15) is 0 Å². The molecule has 1 amide bonds. The number of carbonyl (C=O) groups is 1. The van der Waals surface area contributed by atoms with Crippen molar-refractivity contribution in [3.05, 3.63) is 54.1 Å². The fourth-order valence-electron chi connectivity index (χ4n) is 6.57. The molecule has 3 aromatic rings. The molecule has 4 saturated carbocycles. The van der Waals surface area contributed by atoms with E-state index in [0.717, 1.165) is 53.5 Å². The molecule has 4 aliphatic rings. The van der Waals surface area contributed by atoms with Gasteiger partial charge in [0.05, 0.1) is 5.56 Å². The summed E-state index contributed by atoms with van der Waals surface area (Å²) in [6, 6.07) is 15.0. The molecule has 4 nitrogen and oxygen atoms in total. The number of para-hydroxylation sites is 1. The second kappa shape index (κ2) is 6.12. The van der Waals surface area contributed by atoms with E-state index < -0.39 is 0 Å². The summed E-state index contributed by atoms with van der Waals surface area (Å²) in [5.74, 6) is 2.85. The van der Waals surface area contributed by atoms with E-state index in [1.165, 1.54) is 19.3 Å². The molecule has 1 aromatic heterocycles. The maximum atomic E-state index is 13.0. The van der Waals surface area contributed by atoms with Crippen LogP contribution in [0.1, 0.15) is 48.9 Å². The van der Waals surface area contributed by atoms with E-state index >= 15 is 0 Å². The van der Waals surface area contributed by atoms with Crippen LogP contribution in [0.25, 0.3) is 22.3 Å². The molecular formula is C25H25NO3. The molecule has 7 rings (SSSR count). The topological polar surface area (TPSA) is 62.5 Å². The standard InChI is InChI=1S/C25H25NO3/c27-21-10-19(23-11-18-3-1-2-4-22(18)29-23)5-6-20(21)24(28)26-25-12-15-7-16(13-25)9-17(8-15)14-25/h1-6,10-11,15-17,27H,7-9,12-14H2,(H,26,28). The summed E-state index contributed by atoms with van der Waals surface area (Å²) >= 11 is 0. The Hall–Kier alpha value is -2.75. The maximum absolute atomic E-state index is 13.0. The quantitative estimate of drug-likeness (QED) is 0.623. The van der Waals surface area contributed by atoms with Crippen molar-refractivity contribution in [2.45, 2.75) is 44.1 Å². The minimum Gasteiger partial charge on any atom is -0.507 e. The highest BCUT2D eigenvalue weighted by atomic mass is 16.3. The molecule has 0 spiro atoms. The molecule has 148 valence electrons. The van der Waals surface area contributed by atoms with E-state index in [0.29, 0.717) is 11.3 Å². The first-order chi connectivity index (χ1) is 14.1. The van der Waals surface area contributed by atoms with E-state index in [2.05, 4.69) is 5.32 Å². The summed E-state index contributed by atoms with van der Waals surface area (Å²) in [4.78, 5) is 13.0. The molecule has 4 heteroatoms. The van der Waals surface area contributed by atoms with Crippen molar-refractivity contribution in [3.63, 3.8) is 0 Å². The van der Waals surface area contributed by atoms with Crippen molar-refractivity contribution in [3.8, 4) is 17.1 Å². The molecule has 0 saturated heterocycles. The van der Waals surface area contributed by atoms with Crippen molar-refractivity contribution in [1.82, 2.24) is 5.32 Å². The number of amides is 1. The van der Waals surface area contributed by atoms with Gasteiger partial charge in [-0.25, -0.2) is 0 Å². The Bertz CT molecular complexity index is 1040. The average molecular weight is 387 g/mol. The van der Waals surface area contributed by atoms with Crippen LogP contribution in [-0.2, 0) is 0 Å². The normalized spacial score (nSPS) is 30.0. The van der Waals surface area contributed by atoms with Crippen LogP contribution in [0.15, 0.2) is 52.9 Å². The lowest BCUT2D eigenvalue weighted by atomic mass is 9.53. The van der Waals surface area contributed by atoms with E-state index in [4.69, 9.17) is 4.42 Å². The van der Waals surface area contributed by atoms with Crippen molar-refractivity contribution < 1.29 is 14.3 Å². The number of hydrogen-bond acceptors (Lipinski definition) is 3. The summed E-state index contributed by atoms with van der Waals surface area (Å²) in [5, 5.41) is 15.0. The van der Waals surface area contributed by atoms with Gasteiger partial charge in [0, 0.05) is 16.5 Å². The van der Waals surface area contributed by atoms with Crippen molar-refractivity contribution >= 4 is 16.9 Å². The first-order valence-corrected chi connectivity index (χ1v) is 10.7. The predicted octanol–water partition coefficient (Wildman–Crippen LogP) is 5.50. The molecule has 0 radical (unpaired) electrons. The molecule has 2 N–H and O–H groups in total. The third-order valence-corrected chi connectivity index (χ3v) is 7.37. The zero-order chi connectivity index (χ0) is 19.6. The monoisotopic (exact) mass is 387 g/mol. The number of phenols is 1. The molecule has 4 aliphatic carbocycles. The lowest BCUT2D eigenvalue weighted by molar-refractivity contribution is -0.0167. The third kappa shape index (κ3) is 2.85. The Morgan fingerprint density at radius 2 is 1.66 bits per heavy atom. The first-order valence-electron chi connectivity index (χ1n) is 10.7. The van der Waals surface area contributed by atoms with E-state index in [1.54, 1.807) is 12.1 Å². The summed E-state index contributed by atoms with van der Waals surface area (Å²) in [7, 11) is 0. The minimum atomic E-state index is -0.152. The van der Waals surface area contributed by atoms with Gasteiger partial charge in [0.2, 0.25) is 0 Å². The van der Waals surface area contributed by atoms with Gasteiger partial charge in [-0.1, -0.05) is 24.3 Å². The molecule has 29 heavy (non-hydrogen) atoms. The molecule has 0 aliphatic heterocycles. The number of aromatic hydroxyl groups is 1. The van der Waals surface area contributed by atoms with Crippen molar-refractivity contribution in [2.24, 2.45) is 17.8 Å². The highest BCUT2D eigenvalue weighted by molar-refractivity contribution is 5.98. The highest BCUT2D eigenvalue weighted by Gasteiger charge is 2.51. The van der Waals surface area contributed by atoms with E-state index in [-0.39, 0.29) is 17.2 Å². The molecule has 4 bridgehead atoms. The number of hydrogen-bond donors (Lipinski definition) is 2. The Balaban J connectivity index is 1.26. The predicted molar refractivity (Wildman–Crippen MR) is 112 cm³/mol. The van der Waals surface area contributed by atoms with Crippen LogP contribution in [-0.4, -0.2) is 16.6 Å². The molecule has 4 fully saturated rings. The molecule has 2 aromatic carbocycles. The number of phenolic OH excluding ortho intramolecular Hbond substituents is 1. The van der Waals surface area contributed by atoms with Gasteiger partial charge in [0.15, 0.2) is 0 Å². The lowest BCUT2D eigenvalue weighted by Crippen LogP contribution is -2.59. The Kier molecular flexibility index (Phi) is 3.62. The Labute approximate surface area is 169 Å². The van der Waals surface area contributed by atoms with Crippen LogP contribution in [0.3, 0.4) is 0 Å². The number of furan rings is 1. The van der Waals surface area contributed by atoms with Crippen LogP contribution in [0.2, 0.25) is 0 Å². The zero-order valence-electron chi connectivity index (χ0n) is 16.4. The van der Waals surface area contributed by atoms with E-state index in [9.17, 15) is 9.90 Å². The number of benzene rings is 2. The lowest BCUT2D eigenvalue weighted by Gasteiger charge is -2.56. The Morgan fingerprint density at radius 1 is 0.966 bits per heavy atom. The average Bonchev–Trinajstić information content (AvgIpc) is 3.10. The zero-order valence-corrected chi connectivity index (χ0v) is 16.4. The SMILES string of the molecule is O=C(NC12CC3CC(CC(C3)C1)C2)c1ccc(-c2cc3ccccc3o2)cc1O. The largest absolute Gasteiger partial charge is 0.507 e. The fraction of sp³-hybridized carbons (Fsp3) is 0.400. The van der Waals surface area contributed by atoms with Crippen molar-refractivity contribution in [1.29, 1.82) is 0 Å². The number of nitrogens with one attached hydrogen (secondary N) is 1. The number of fused-ring (bicyclic) bond motifs is 1. The summed E-state index contributed by atoms with van der Waals surface area (Å²) < 4.78 is 5.89. The minimum absolute atomic E-state index is 0.00480. The second-order valence-electron chi connectivity index (χ2n) is 9.53. The van der Waals surface area contributed by atoms with Gasteiger partial charge in [-0.05, 0) is 80.5 Å². The smallest absolute Gasteiger partial charge is 0.255 e. The Morgan fingerprint density at radius 3 is 2.31 bits per heavy atom. The fourth-order valence-corrected chi connectivity index (χ4v) is 6.57. The number of carbonyl (C=O) groups excluding carboxylic acids is 1. The molecule has 1 heterocycles. The molecule has 0 atom stereocenters. The second-order valence-corrected chi connectivity index (χ2v) is 9.53.